The topological polar surface area (TPSA) is 72.9 Å². The molecular formula is C7H12N4O. The van der Waals surface area contributed by atoms with E-state index >= 15 is 0 Å². The zero-order valence-electron chi connectivity index (χ0n) is 6.95. The van der Waals surface area contributed by atoms with Crippen molar-refractivity contribution in [3.63, 3.8) is 0 Å². The maximum Gasteiger partial charge on any atom is 0.234 e. The lowest BCUT2D eigenvalue weighted by Crippen LogP contribution is -2.30. The van der Waals surface area contributed by atoms with Gasteiger partial charge in [0.1, 0.15) is 0 Å². The molecule has 0 unspecified atom stereocenters. The number of carbonyl (C=O) groups excluding carboxylic acids is 1. The molecule has 0 bridgehead atoms. The summed E-state index contributed by atoms with van der Waals surface area (Å²) in [6.07, 6.45) is 1.68. The molecule has 0 aliphatic carbocycles. The van der Waals surface area contributed by atoms with Crippen molar-refractivity contribution < 1.29 is 4.79 Å². The minimum absolute atomic E-state index is 0.0256. The van der Waals surface area contributed by atoms with Crippen molar-refractivity contribution in [2.75, 3.05) is 6.54 Å². The Balaban J connectivity index is 2.43. The number of aryl methyl sites for hydroxylation is 1. The molecule has 0 aliphatic heterocycles. The Kier molecular flexibility index (Phi) is 2.82. The zero-order chi connectivity index (χ0) is 8.97. The second-order valence-electron chi connectivity index (χ2n) is 2.43. The minimum atomic E-state index is -0.156. The van der Waals surface area contributed by atoms with Crippen molar-refractivity contribution in [2.24, 2.45) is 12.8 Å². The van der Waals surface area contributed by atoms with Gasteiger partial charge in [0.15, 0.2) is 0 Å². The van der Waals surface area contributed by atoms with Crippen molar-refractivity contribution in [1.29, 1.82) is 0 Å². The molecule has 1 heterocycles. The first-order chi connectivity index (χ1) is 5.74. The molecule has 1 aromatic heterocycles. The largest absolute Gasteiger partial charge is 0.349 e. The SMILES string of the molecule is Cn1nccc1CNC(=O)CN. The first-order valence-corrected chi connectivity index (χ1v) is 3.67. The van der Waals surface area contributed by atoms with Gasteiger partial charge in [0.25, 0.3) is 0 Å². The monoisotopic (exact) mass is 168 g/mol. The quantitative estimate of drug-likeness (QED) is 0.607. The summed E-state index contributed by atoms with van der Waals surface area (Å²) in [5.41, 5.74) is 6.07. The van der Waals surface area contributed by atoms with Gasteiger partial charge in [0.2, 0.25) is 5.91 Å². The molecule has 0 aromatic carbocycles. The van der Waals surface area contributed by atoms with Crippen molar-refractivity contribution in [1.82, 2.24) is 15.1 Å². The molecule has 1 amide bonds. The Labute approximate surface area is 70.5 Å². The third kappa shape index (κ3) is 2.06. The molecule has 3 N–H and O–H groups in total. The molecule has 1 rings (SSSR count). The molecule has 0 saturated heterocycles. The zero-order valence-corrected chi connectivity index (χ0v) is 6.95. The first-order valence-electron chi connectivity index (χ1n) is 3.67. The van der Waals surface area contributed by atoms with Crippen molar-refractivity contribution in [3.05, 3.63) is 18.0 Å². The Bertz CT molecular complexity index is 268. The lowest BCUT2D eigenvalue weighted by atomic mass is 10.4. The standard InChI is InChI=1S/C7H12N4O/c1-11-6(2-3-10-11)5-9-7(12)4-8/h2-3H,4-5,8H2,1H3,(H,9,12). The van der Waals surface area contributed by atoms with Crippen LogP contribution in [0.2, 0.25) is 0 Å². The fourth-order valence-corrected chi connectivity index (χ4v) is 0.836. The van der Waals surface area contributed by atoms with Gasteiger partial charge in [-0.15, -0.1) is 0 Å². The second kappa shape index (κ2) is 3.87. The van der Waals surface area contributed by atoms with E-state index in [-0.39, 0.29) is 12.5 Å². The normalized spacial score (nSPS) is 9.83. The van der Waals surface area contributed by atoms with Gasteiger partial charge in [-0.25, -0.2) is 0 Å². The fraction of sp³-hybridized carbons (Fsp3) is 0.429. The van der Waals surface area contributed by atoms with Crippen LogP contribution in [0.4, 0.5) is 0 Å². The first kappa shape index (κ1) is 8.73. The summed E-state index contributed by atoms with van der Waals surface area (Å²) in [6, 6.07) is 1.84. The Morgan fingerprint density at radius 3 is 3.08 bits per heavy atom. The highest BCUT2D eigenvalue weighted by Gasteiger charge is 2.00. The van der Waals surface area contributed by atoms with E-state index in [2.05, 4.69) is 10.4 Å². The summed E-state index contributed by atoms with van der Waals surface area (Å²) < 4.78 is 1.71. The number of hydrogen-bond acceptors (Lipinski definition) is 3. The van der Waals surface area contributed by atoms with Gasteiger partial charge < -0.3 is 11.1 Å². The number of nitrogens with two attached hydrogens (primary N) is 1. The number of aromatic nitrogens is 2. The minimum Gasteiger partial charge on any atom is -0.349 e. The summed E-state index contributed by atoms with van der Waals surface area (Å²) in [6.45, 7) is 0.504. The average Bonchev–Trinajstić information content (AvgIpc) is 2.47. The molecule has 0 fully saturated rings. The van der Waals surface area contributed by atoms with Gasteiger partial charge in [0, 0.05) is 13.2 Å². The third-order valence-electron chi connectivity index (χ3n) is 1.57. The highest BCUT2D eigenvalue weighted by molar-refractivity contribution is 5.77. The lowest BCUT2D eigenvalue weighted by Gasteiger charge is -2.02. The van der Waals surface area contributed by atoms with Crippen LogP contribution in [0, 0.1) is 0 Å². The Morgan fingerprint density at radius 1 is 1.83 bits per heavy atom. The lowest BCUT2D eigenvalue weighted by molar-refractivity contribution is -0.119. The average molecular weight is 168 g/mol. The molecule has 5 heteroatoms. The summed E-state index contributed by atoms with van der Waals surface area (Å²) in [4.78, 5) is 10.8. The highest BCUT2D eigenvalue weighted by Crippen LogP contribution is 1.93. The van der Waals surface area contributed by atoms with Gasteiger partial charge in [-0.1, -0.05) is 0 Å². The highest BCUT2D eigenvalue weighted by atomic mass is 16.1. The summed E-state index contributed by atoms with van der Waals surface area (Å²) >= 11 is 0. The summed E-state index contributed by atoms with van der Waals surface area (Å²) in [5.74, 6) is -0.156. The van der Waals surface area contributed by atoms with Gasteiger partial charge in [-0.2, -0.15) is 5.10 Å². The van der Waals surface area contributed by atoms with Crippen LogP contribution in [0.1, 0.15) is 5.69 Å². The van der Waals surface area contributed by atoms with E-state index in [9.17, 15) is 4.79 Å². The third-order valence-corrected chi connectivity index (χ3v) is 1.57. The molecule has 66 valence electrons. The van der Waals surface area contributed by atoms with E-state index < -0.39 is 0 Å². The number of carbonyl (C=O) groups is 1. The van der Waals surface area contributed by atoms with Crippen LogP contribution in [-0.2, 0) is 18.4 Å². The molecule has 0 aliphatic rings. The molecule has 12 heavy (non-hydrogen) atoms. The van der Waals surface area contributed by atoms with Crippen LogP contribution in [-0.4, -0.2) is 22.2 Å². The summed E-state index contributed by atoms with van der Waals surface area (Å²) in [7, 11) is 1.82. The van der Waals surface area contributed by atoms with Crippen LogP contribution in [0.15, 0.2) is 12.3 Å². The van der Waals surface area contributed by atoms with E-state index in [0.29, 0.717) is 6.54 Å². The molecule has 0 saturated carbocycles. The number of rotatable bonds is 3. The predicted molar refractivity (Wildman–Crippen MR) is 44.1 cm³/mol. The van der Waals surface area contributed by atoms with E-state index in [0.717, 1.165) is 5.69 Å². The molecule has 0 radical (unpaired) electrons. The van der Waals surface area contributed by atoms with Crippen molar-refractivity contribution in [2.45, 2.75) is 6.54 Å². The second-order valence-corrected chi connectivity index (χ2v) is 2.43. The number of hydrogen-bond donors (Lipinski definition) is 2. The van der Waals surface area contributed by atoms with E-state index in [1.807, 2.05) is 13.1 Å². The van der Waals surface area contributed by atoms with Crippen LogP contribution < -0.4 is 11.1 Å². The Hall–Kier alpha value is -1.36. The molecule has 1 aromatic rings. The maximum atomic E-state index is 10.8. The molecule has 0 atom stereocenters. The van der Waals surface area contributed by atoms with Crippen LogP contribution in [0.25, 0.3) is 0 Å². The van der Waals surface area contributed by atoms with Gasteiger partial charge >= 0.3 is 0 Å². The maximum absolute atomic E-state index is 10.8. The van der Waals surface area contributed by atoms with Gasteiger partial charge in [0.05, 0.1) is 18.8 Å². The number of nitrogens with zero attached hydrogens (tertiary/aromatic N) is 2. The fourth-order valence-electron chi connectivity index (χ4n) is 0.836. The van der Waals surface area contributed by atoms with Crippen molar-refractivity contribution in [3.8, 4) is 0 Å². The van der Waals surface area contributed by atoms with E-state index in [1.165, 1.54) is 0 Å². The van der Waals surface area contributed by atoms with E-state index in [1.54, 1.807) is 10.9 Å². The predicted octanol–water partition coefficient (Wildman–Crippen LogP) is -1.00. The molecular weight excluding hydrogens is 156 g/mol. The molecule has 0 spiro atoms. The smallest absolute Gasteiger partial charge is 0.234 e. The Morgan fingerprint density at radius 2 is 2.58 bits per heavy atom. The van der Waals surface area contributed by atoms with E-state index in [4.69, 9.17) is 5.73 Å². The summed E-state index contributed by atoms with van der Waals surface area (Å²) in [5, 5.41) is 6.61. The number of amides is 1. The van der Waals surface area contributed by atoms with Crippen LogP contribution in [0.5, 0.6) is 0 Å². The van der Waals surface area contributed by atoms with Crippen LogP contribution in [0.3, 0.4) is 0 Å². The van der Waals surface area contributed by atoms with Gasteiger partial charge in [-0.3, -0.25) is 9.48 Å². The molecule has 5 nitrogen and oxygen atoms in total. The van der Waals surface area contributed by atoms with Crippen LogP contribution >= 0.6 is 0 Å². The number of nitrogens with one attached hydrogen (secondary N) is 1. The van der Waals surface area contributed by atoms with Crippen molar-refractivity contribution >= 4 is 5.91 Å². The van der Waals surface area contributed by atoms with Gasteiger partial charge in [-0.05, 0) is 6.07 Å².